The van der Waals surface area contributed by atoms with E-state index in [1.807, 2.05) is 0 Å². The van der Waals surface area contributed by atoms with Crippen molar-refractivity contribution < 1.29 is 28.6 Å². The van der Waals surface area contributed by atoms with Crippen molar-refractivity contribution in [3.63, 3.8) is 0 Å². The van der Waals surface area contributed by atoms with Gasteiger partial charge in [-0.3, -0.25) is 14.4 Å². The summed E-state index contributed by atoms with van der Waals surface area (Å²) in [6, 6.07) is 0. The van der Waals surface area contributed by atoms with Crippen LogP contribution in [0.5, 0.6) is 0 Å². The molecule has 1 atom stereocenters. The fraction of sp³-hybridized carbons (Fsp3) is 0.644. The lowest BCUT2D eigenvalue weighted by atomic mass is 10.1. The van der Waals surface area contributed by atoms with Crippen LogP contribution in [-0.2, 0) is 28.6 Å². The van der Waals surface area contributed by atoms with Gasteiger partial charge in [-0.05, 0) is 122 Å². The number of hydrogen-bond donors (Lipinski definition) is 0. The zero-order valence-corrected chi connectivity index (χ0v) is 42.0. The highest BCUT2D eigenvalue weighted by Gasteiger charge is 2.19. The molecule has 0 aliphatic heterocycles. The van der Waals surface area contributed by atoms with Crippen molar-refractivity contribution in [2.24, 2.45) is 0 Å². The minimum absolute atomic E-state index is 0.111. The molecule has 0 spiro atoms. The Labute approximate surface area is 400 Å². The molecule has 65 heavy (non-hydrogen) atoms. The molecular formula is C59H96O6. The minimum Gasteiger partial charge on any atom is -0.462 e. The van der Waals surface area contributed by atoms with E-state index in [1.165, 1.54) is 64.2 Å². The highest BCUT2D eigenvalue weighted by atomic mass is 16.6. The standard InChI is InChI=1S/C59H96O6/c1-4-7-10-13-16-19-22-25-27-29-31-34-37-40-43-46-49-52-58(61)64-55-56(54-63-57(60)51-48-45-42-39-36-33-24-21-18-15-12-9-6-3)65-59(62)53-50-47-44-41-38-35-32-30-28-26-23-20-17-14-11-8-5-2/h7,10,16-17,19-21,24-28,31-32,34-35,40,43,56H,4-6,8-9,11-15,18,22-23,29-30,33,36-39,41-42,44-55H2,1-3H3/b10-7+,19-16+,20-17+,24-21+,27-25+,28-26+,34-31+,35-32+,43-40+/t56-/m1/s1. The summed E-state index contributed by atoms with van der Waals surface area (Å²) in [5.41, 5.74) is 0. The van der Waals surface area contributed by atoms with Crippen LogP contribution in [0.4, 0.5) is 0 Å². The van der Waals surface area contributed by atoms with Crippen molar-refractivity contribution in [3.8, 4) is 0 Å². The Hall–Kier alpha value is -3.93. The van der Waals surface area contributed by atoms with Gasteiger partial charge in [-0.2, -0.15) is 0 Å². The van der Waals surface area contributed by atoms with Crippen LogP contribution in [0.1, 0.15) is 226 Å². The number of esters is 3. The fourth-order valence-corrected chi connectivity index (χ4v) is 6.77. The van der Waals surface area contributed by atoms with Crippen LogP contribution in [0.25, 0.3) is 0 Å². The molecule has 0 aromatic heterocycles. The number of carbonyl (C=O) groups is 3. The van der Waals surface area contributed by atoms with Gasteiger partial charge in [0.15, 0.2) is 6.10 Å². The molecule has 0 amide bonds. The van der Waals surface area contributed by atoms with Gasteiger partial charge >= 0.3 is 17.9 Å². The Balaban J connectivity index is 4.55. The highest BCUT2D eigenvalue weighted by molar-refractivity contribution is 5.71. The fourth-order valence-electron chi connectivity index (χ4n) is 6.77. The maximum absolute atomic E-state index is 12.8. The Morgan fingerprint density at radius 2 is 0.615 bits per heavy atom. The maximum atomic E-state index is 12.8. The number of carbonyl (C=O) groups excluding carboxylic acids is 3. The van der Waals surface area contributed by atoms with Gasteiger partial charge in [0.05, 0.1) is 0 Å². The van der Waals surface area contributed by atoms with E-state index in [0.29, 0.717) is 12.8 Å². The van der Waals surface area contributed by atoms with E-state index in [2.05, 4.69) is 130 Å². The second-order valence-electron chi connectivity index (χ2n) is 17.0. The summed E-state index contributed by atoms with van der Waals surface area (Å²) in [7, 11) is 0. The van der Waals surface area contributed by atoms with Crippen molar-refractivity contribution in [2.45, 2.75) is 232 Å². The van der Waals surface area contributed by atoms with E-state index in [1.54, 1.807) is 0 Å². The molecule has 6 heteroatoms. The lowest BCUT2D eigenvalue weighted by molar-refractivity contribution is -0.167. The molecule has 0 N–H and O–H groups in total. The third-order valence-corrected chi connectivity index (χ3v) is 10.7. The Kier molecular flexibility index (Phi) is 49.5. The first kappa shape index (κ1) is 61.1. The molecular weight excluding hydrogens is 805 g/mol. The second-order valence-corrected chi connectivity index (χ2v) is 17.0. The Morgan fingerprint density at radius 3 is 1.05 bits per heavy atom. The van der Waals surface area contributed by atoms with Gasteiger partial charge in [0, 0.05) is 19.3 Å². The maximum Gasteiger partial charge on any atom is 0.306 e. The first-order valence-electron chi connectivity index (χ1n) is 26.4. The van der Waals surface area contributed by atoms with Gasteiger partial charge in [-0.1, -0.05) is 194 Å². The molecule has 0 radical (unpaired) electrons. The average Bonchev–Trinajstić information content (AvgIpc) is 3.30. The van der Waals surface area contributed by atoms with E-state index in [0.717, 1.165) is 116 Å². The summed E-state index contributed by atoms with van der Waals surface area (Å²) < 4.78 is 16.7. The largest absolute Gasteiger partial charge is 0.462 e. The minimum atomic E-state index is -0.818. The molecule has 0 aliphatic carbocycles. The van der Waals surface area contributed by atoms with E-state index < -0.39 is 6.10 Å². The lowest BCUT2D eigenvalue weighted by Crippen LogP contribution is -2.30. The molecule has 0 saturated carbocycles. The lowest BCUT2D eigenvalue weighted by Gasteiger charge is -2.18. The normalized spacial score (nSPS) is 13.0. The third kappa shape index (κ3) is 50.9. The van der Waals surface area contributed by atoms with E-state index in [9.17, 15) is 14.4 Å². The van der Waals surface area contributed by atoms with Crippen molar-refractivity contribution in [1.82, 2.24) is 0 Å². The molecule has 368 valence electrons. The van der Waals surface area contributed by atoms with Gasteiger partial charge in [0.1, 0.15) is 13.2 Å². The summed E-state index contributed by atoms with van der Waals surface area (Å²) in [6.07, 6.45) is 70.7. The average molecular weight is 901 g/mol. The van der Waals surface area contributed by atoms with Crippen LogP contribution < -0.4 is 0 Å². The van der Waals surface area contributed by atoms with Crippen LogP contribution in [0.3, 0.4) is 0 Å². The number of rotatable bonds is 46. The molecule has 0 aliphatic rings. The topological polar surface area (TPSA) is 78.9 Å². The summed E-state index contributed by atoms with van der Waals surface area (Å²) in [5, 5.41) is 0. The highest BCUT2D eigenvalue weighted by Crippen LogP contribution is 2.12. The van der Waals surface area contributed by atoms with Crippen LogP contribution in [-0.4, -0.2) is 37.2 Å². The van der Waals surface area contributed by atoms with Crippen LogP contribution in [0.15, 0.2) is 109 Å². The number of ether oxygens (including phenoxy) is 3. The molecule has 0 fully saturated rings. The predicted octanol–water partition coefficient (Wildman–Crippen LogP) is 17.5. The van der Waals surface area contributed by atoms with Gasteiger partial charge in [0.2, 0.25) is 0 Å². The summed E-state index contributed by atoms with van der Waals surface area (Å²) in [4.78, 5) is 38.0. The van der Waals surface area contributed by atoms with Gasteiger partial charge < -0.3 is 14.2 Å². The third-order valence-electron chi connectivity index (χ3n) is 10.7. The monoisotopic (exact) mass is 901 g/mol. The zero-order valence-electron chi connectivity index (χ0n) is 42.0. The quantitative estimate of drug-likeness (QED) is 0.0262. The zero-order chi connectivity index (χ0) is 47.2. The van der Waals surface area contributed by atoms with E-state index in [4.69, 9.17) is 14.2 Å². The molecule has 0 aromatic carbocycles. The van der Waals surface area contributed by atoms with Crippen LogP contribution in [0, 0.1) is 0 Å². The van der Waals surface area contributed by atoms with Crippen LogP contribution >= 0.6 is 0 Å². The molecule has 0 rings (SSSR count). The second kappa shape index (κ2) is 52.7. The van der Waals surface area contributed by atoms with Crippen LogP contribution in [0.2, 0.25) is 0 Å². The molecule has 0 bridgehead atoms. The first-order valence-corrected chi connectivity index (χ1v) is 26.4. The molecule has 0 saturated heterocycles. The number of unbranched alkanes of at least 4 members (excludes halogenated alkanes) is 17. The van der Waals surface area contributed by atoms with Crippen molar-refractivity contribution >= 4 is 17.9 Å². The summed E-state index contributed by atoms with van der Waals surface area (Å²) >= 11 is 0. The molecule has 0 heterocycles. The summed E-state index contributed by atoms with van der Waals surface area (Å²) in [6.45, 7) is 6.39. The van der Waals surface area contributed by atoms with E-state index in [-0.39, 0.29) is 44.0 Å². The van der Waals surface area contributed by atoms with Gasteiger partial charge in [-0.15, -0.1) is 0 Å². The first-order chi connectivity index (χ1) is 32.0. The van der Waals surface area contributed by atoms with Gasteiger partial charge in [0.25, 0.3) is 0 Å². The predicted molar refractivity (Wildman–Crippen MR) is 279 cm³/mol. The van der Waals surface area contributed by atoms with Crippen molar-refractivity contribution in [2.75, 3.05) is 13.2 Å². The van der Waals surface area contributed by atoms with Crippen molar-refractivity contribution in [3.05, 3.63) is 109 Å². The smallest absolute Gasteiger partial charge is 0.306 e. The molecule has 0 unspecified atom stereocenters. The molecule has 0 aromatic rings. The SMILES string of the molecule is CC/C=C/C/C=C/C/C=C/C/C=C/C/C=C/CCCC(=O)OC[C@@H](COC(=O)CCCCCCC/C=C/CCCCCC)OC(=O)CCCCCC/C=C/C/C=C/C/C=C/CCCCC. The van der Waals surface area contributed by atoms with E-state index >= 15 is 0 Å². The van der Waals surface area contributed by atoms with Crippen molar-refractivity contribution in [1.29, 1.82) is 0 Å². The van der Waals surface area contributed by atoms with Gasteiger partial charge in [-0.25, -0.2) is 0 Å². The number of allylic oxidation sites excluding steroid dienone is 18. The Bertz CT molecular complexity index is 1360. The summed E-state index contributed by atoms with van der Waals surface area (Å²) in [5.74, 6) is -1.01. The number of hydrogen-bond acceptors (Lipinski definition) is 6. The Morgan fingerprint density at radius 1 is 0.323 bits per heavy atom. The molecule has 6 nitrogen and oxygen atoms in total.